The fraction of sp³-hybridized carbons (Fsp3) is 0.600. The molecule has 13 heavy (non-hydrogen) atoms. The van der Waals surface area contributed by atoms with E-state index in [0.29, 0.717) is 0 Å². The molecule has 1 aliphatic heterocycles. The summed E-state index contributed by atoms with van der Waals surface area (Å²) < 4.78 is 1.26. The van der Waals surface area contributed by atoms with Crippen LogP contribution >= 0.6 is 8.88 Å². The molecule has 1 rings (SSSR count). The quantitative estimate of drug-likeness (QED) is 0.315. The number of azide groups is 1. The van der Waals surface area contributed by atoms with Crippen LogP contribution in [0.25, 0.3) is 10.4 Å². The lowest BCUT2D eigenvalue weighted by molar-refractivity contribution is -0.141. The van der Waals surface area contributed by atoms with Gasteiger partial charge in [0.25, 0.3) is 0 Å². The van der Waals surface area contributed by atoms with Crippen LogP contribution in [0.2, 0.25) is 0 Å². The number of hydrogen-bond donors (Lipinski definition) is 1. The number of carbonyl (C=O) groups is 2. The first-order valence-corrected chi connectivity index (χ1v) is 4.37. The van der Waals surface area contributed by atoms with Crippen molar-refractivity contribution in [2.45, 2.75) is 6.42 Å². The molecule has 0 aromatic rings. The van der Waals surface area contributed by atoms with E-state index in [-0.39, 0.29) is 27.8 Å². The molecule has 1 saturated heterocycles. The van der Waals surface area contributed by atoms with Crippen molar-refractivity contribution in [3.8, 4) is 0 Å². The van der Waals surface area contributed by atoms with Gasteiger partial charge in [-0.15, -0.1) is 0 Å². The van der Waals surface area contributed by atoms with Crippen LogP contribution in [0.3, 0.4) is 0 Å². The van der Waals surface area contributed by atoms with Crippen molar-refractivity contribution >= 4 is 20.8 Å². The number of carboxylic acids is 1. The normalized spacial score (nSPS) is 22.3. The van der Waals surface area contributed by atoms with Crippen molar-refractivity contribution in [1.82, 2.24) is 4.67 Å². The zero-order chi connectivity index (χ0) is 9.84. The van der Waals surface area contributed by atoms with Crippen molar-refractivity contribution < 1.29 is 14.7 Å². The van der Waals surface area contributed by atoms with Gasteiger partial charge in [-0.25, -0.2) is 0 Å². The average molecular weight is 202 g/mol. The van der Waals surface area contributed by atoms with Gasteiger partial charge in [0.2, 0.25) is 5.91 Å². The van der Waals surface area contributed by atoms with E-state index in [9.17, 15) is 9.59 Å². The van der Waals surface area contributed by atoms with E-state index in [1.165, 1.54) is 4.67 Å². The average Bonchev–Trinajstić information content (AvgIpc) is 2.44. The van der Waals surface area contributed by atoms with Crippen LogP contribution in [0.15, 0.2) is 4.88 Å². The zero-order valence-corrected chi connectivity index (χ0v) is 7.54. The minimum Gasteiger partial charge on any atom is -0.481 e. The topological polar surface area (TPSA) is 106 Å². The van der Waals surface area contributed by atoms with E-state index in [0.717, 1.165) is 0 Å². The minimum atomic E-state index is -0.985. The molecule has 2 unspecified atom stereocenters. The summed E-state index contributed by atoms with van der Waals surface area (Å²) in [6, 6.07) is 0. The number of aliphatic carboxylic acids is 1. The maximum Gasteiger partial charge on any atom is 0.308 e. The van der Waals surface area contributed by atoms with E-state index in [1.807, 2.05) is 0 Å². The van der Waals surface area contributed by atoms with E-state index >= 15 is 0 Å². The molecule has 0 bridgehead atoms. The first kappa shape index (κ1) is 9.77. The Labute approximate surface area is 75.2 Å². The van der Waals surface area contributed by atoms with E-state index in [4.69, 9.17) is 10.6 Å². The Kier molecular flexibility index (Phi) is 3.06. The maximum atomic E-state index is 11.1. The highest BCUT2D eigenvalue weighted by Crippen LogP contribution is 2.29. The molecule has 1 N–H and O–H groups in total. The predicted octanol–water partition coefficient (Wildman–Crippen LogP) is 0.738. The predicted molar refractivity (Wildman–Crippen MR) is 44.9 cm³/mol. The maximum absolute atomic E-state index is 11.1. The number of carboxylic acid groups (broad SMARTS) is 1. The number of hydrogen-bond acceptors (Lipinski definition) is 3. The Morgan fingerprint density at radius 3 is 3.00 bits per heavy atom. The van der Waals surface area contributed by atoms with Crippen molar-refractivity contribution in [1.29, 1.82) is 0 Å². The second-order valence-electron chi connectivity index (χ2n) is 2.53. The number of nitrogens with zero attached hydrogens (tertiary/aromatic N) is 4. The molecule has 0 aromatic heterocycles. The standard InChI is InChI=1S/C5H7N4O3P/c6-7-8-13-9-2-3(5(11)12)1-4(9)10/h3,13H,1-2H2,(H,11,12). The summed E-state index contributed by atoms with van der Waals surface area (Å²) in [7, 11) is -0.326. The van der Waals surface area contributed by atoms with Gasteiger partial charge < -0.3 is 9.78 Å². The molecular formula is C5H7N4O3P. The summed E-state index contributed by atoms with van der Waals surface area (Å²) in [5, 5.41) is 8.59. The van der Waals surface area contributed by atoms with Crippen LogP contribution in [0, 0.1) is 5.92 Å². The Balaban J connectivity index is 2.56. The highest BCUT2D eigenvalue weighted by Gasteiger charge is 2.33. The Morgan fingerprint density at radius 2 is 2.54 bits per heavy atom. The van der Waals surface area contributed by atoms with E-state index < -0.39 is 11.9 Å². The van der Waals surface area contributed by atoms with Crippen molar-refractivity contribution in [2.75, 3.05) is 6.54 Å². The van der Waals surface area contributed by atoms with Crippen molar-refractivity contribution in [3.05, 3.63) is 10.4 Å². The van der Waals surface area contributed by atoms with Crippen LogP contribution in [-0.2, 0) is 9.59 Å². The lowest BCUT2D eigenvalue weighted by Gasteiger charge is -2.10. The fourth-order valence-electron chi connectivity index (χ4n) is 1.04. The van der Waals surface area contributed by atoms with Crippen LogP contribution in [-0.4, -0.2) is 28.2 Å². The first-order valence-electron chi connectivity index (χ1n) is 3.48. The minimum absolute atomic E-state index is 0.00326. The number of amides is 1. The molecular weight excluding hydrogens is 195 g/mol. The van der Waals surface area contributed by atoms with Gasteiger partial charge in [-0.3, -0.25) is 9.59 Å². The molecule has 1 amide bonds. The molecule has 0 radical (unpaired) electrons. The van der Waals surface area contributed by atoms with Gasteiger partial charge in [-0.1, -0.05) is 4.88 Å². The van der Waals surface area contributed by atoms with Crippen molar-refractivity contribution in [3.63, 3.8) is 0 Å². The van der Waals surface area contributed by atoms with Crippen LogP contribution in [0.1, 0.15) is 6.42 Å². The molecule has 0 spiro atoms. The highest BCUT2D eigenvalue weighted by molar-refractivity contribution is 7.34. The summed E-state index contributed by atoms with van der Waals surface area (Å²) in [5.41, 5.74) is 8.00. The Morgan fingerprint density at radius 1 is 1.85 bits per heavy atom. The molecule has 2 atom stereocenters. The molecule has 0 aliphatic carbocycles. The molecule has 0 saturated carbocycles. The van der Waals surface area contributed by atoms with Gasteiger partial charge in [0.05, 0.1) is 14.8 Å². The smallest absolute Gasteiger partial charge is 0.308 e. The molecule has 8 heteroatoms. The molecule has 7 nitrogen and oxygen atoms in total. The number of carbonyl (C=O) groups excluding carboxylic acids is 1. The molecule has 70 valence electrons. The van der Waals surface area contributed by atoms with Gasteiger partial charge in [0.1, 0.15) is 0 Å². The first-order chi connectivity index (χ1) is 6.15. The van der Waals surface area contributed by atoms with Crippen molar-refractivity contribution in [2.24, 2.45) is 10.8 Å². The fourth-order valence-corrected chi connectivity index (χ4v) is 1.70. The summed E-state index contributed by atoms with van der Waals surface area (Å²) in [6.45, 7) is 0.144. The lowest BCUT2D eigenvalue weighted by Crippen LogP contribution is -2.17. The summed E-state index contributed by atoms with van der Waals surface area (Å²) in [4.78, 5) is 27.3. The molecule has 1 fully saturated rings. The second kappa shape index (κ2) is 4.07. The van der Waals surface area contributed by atoms with Crippen LogP contribution in [0.4, 0.5) is 0 Å². The zero-order valence-electron chi connectivity index (χ0n) is 6.54. The van der Waals surface area contributed by atoms with Gasteiger partial charge in [-0.05, 0) is 5.53 Å². The van der Waals surface area contributed by atoms with Gasteiger partial charge in [0.15, 0.2) is 0 Å². The largest absolute Gasteiger partial charge is 0.481 e. The highest BCUT2D eigenvalue weighted by atomic mass is 31.1. The Hall–Kier alpha value is -1.32. The van der Waals surface area contributed by atoms with E-state index in [1.54, 1.807) is 0 Å². The monoisotopic (exact) mass is 202 g/mol. The third-order valence-corrected chi connectivity index (χ3v) is 2.54. The SMILES string of the molecule is [N-]=[N+]=NPN1CC(C(=O)O)CC1=O. The third kappa shape index (κ3) is 2.31. The summed E-state index contributed by atoms with van der Waals surface area (Å²) in [6.07, 6.45) is 0.00326. The van der Waals surface area contributed by atoms with Gasteiger partial charge >= 0.3 is 5.97 Å². The number of rotatable bonds is 3. The third-order valence-electron chi connectivity index (χ3n) is 1.68. The molecule has 0 aromatic carbocycles. The lowest BCUT2D eigenvalue weighted by atomic mass is 10.1. The van der Waals surface area contributed by atoms with Crippen LogP contribution < -0.4 is 0 Å². The Bertz CT molecular complexity index is 288. The molecule has 1 heterocycles. The summed E-state index contributed by atoms with van der Waals surface area (Å²) in [5.74, 6) is -1.91. The summed E-state index contributed by atoms with van der Waals surface area (Å²) >= 11 is 0. The van der Waals surface area contributed by atoms with Gasteiger partial charge in [-0.2, -0.15) is 0 Å². The van der Waals surface area contributed by atoms with E-state index in [2.05, 4.69) is 9.80 Å². The molecule has 1 aliphatic rings. The van der Waals surface area contributed by atoms with Gasteiger partial charge in [0, 0.05) is 17.9 Å². The second-order valence-corrected chi connectivity index (χ2v) is 3.47. The van der Waals surface area contributed by atoms with Crippen LogP contribution in [0.5, 0.6) is 0 Å².